The van der Waals surface area contributed by atoms with Crippen LogP contribution in [-0.4, -0.2) is 13.1 Å². The predicted octanol–water partition coefficient (Wildman–Crippen LogP) is 1.60. The lowest BCUT2D eigenvalue weighted by molar-refractivity contribution is 0.395. The van der Waals surface area contributed by atoms with Crippen LogP contribution in [0.3, 0.4) is 0 Å². The Morgan fingerprint density at radius 1 is 1.36 bits per heavy atom. The highest BCUT2D eigenvalue weighted by Crippen LogP contribution is 2.35. The summed E-state index contributed by atoms with van der Waals surface area (Å²) in [6.07, 6.45) is 6.07. The summed E-state index contributed by atoms with van der Waals surface area (Å²) in [5.41, 5.74) is 14.0. The Morgan fingerprint density at radius 2 is 2.07 bits per heavy atom. The monoisotopic (exact) mass is 192 g/mol. The fraction of sp³-hybridized carbons (Fsp3) is 0.500. The third-order valence-electron chi connectivity index (χ3n) is 3.12. The van der Waals surface area contributed by atoms with E-state index in [0.29, 0.717) is 24.9 Å². The average Bonchev–Trinajstić information content (AvgIpc) is 2.26. The van der Waals surface area contributed by atoms with Crippen LogP contribution in [0.25, 0.3) is 0 Å². The molecule has 2 heteroatoms. The molecule has 0 fully saturated rings. The summed E-state index contributed by atoms with van der Waals surface area (Å²) in [5.74, 6) is 0.862. The van der Waals surface area contributed by atoms with Crippen LogP contribution < -0.4 is 11.5 Å². The first-order valence-corrected chi connectivity index (χ1v) is 5.15. The molecule has 0 saturated carbocycles. The molecule has 0 aromatic carbocycles. The van der Waals surface area contributed by atoms with Gasteiger partial charge >= 0.3 is 0 Å². The minimum atomic E-state index is 0.352. The first-order chi connectivity index (χ1) is 6.78. The van der Waals surface area contributed by atoms with Gasteiger partial charge in [0.15, 0.2) is 0 Å². The van der Waals surface area contributed by atoms with Crippen LogP contribution in [0.1, 0.15) is 12.8 Å². The lowest BCUT2D eigenvalue weighted by Crippen LogP contribution is -2.28. The molecule has 0 aromatic heterocycles. The second-order valence-electron chi connectivity index (χ2n) is 3.76. The quantitative estimate of drug-likeness (QED) is 0.665. The summed E-state index contributed by atoms with van der Waals surface area (Å²) in [7, 11) is 0. The molecule has 14 heavy (non-hydrogen) atoms. The van der Waals surface area contributed by atoms with Gasteiger partial charge < -0.3 is 11.5 Å². The minimum absolute atomic E-state index is 0.352. The highest BCUT2D eigenvalue weighted by Gasteiger charge is 2.26. The van der Waals surface area contributed by atoms with Crippen LogP contribution in [0.2, 0.25) is 0 Å². The van der Waals surface area contributed by atoms with Gasteiger partial charge in [0.25, 0.3) is 0 Å². The molecule has 0 spiro atoms. The number of allylic oxidation sites excluding steroid dienone is 3. The third-order valence-corrected chi connectivity index (χ3v) is 3.12. The zero-order chi connectivity index (χ0) is 10.6. The molecule has 0 aliphatic heterocycles. The minimum Gasteiger partial charge on any atom is -0.330 e. The molecule has 0 aromatic rings. The molecule has 78 valence electrons. The maximum atomic E-state index is 5.74. The SMILES string of the molecule is C=CC1=C(CN)CCC(CN)C1C=C. The number of rotatable bonds is 4. The van der Waals surface area contributed by atoms with E-state index in [1.54, 1.807) is 0 Å². The first kappa shape index (κ1) is 11.2. The Morgan fingerprint density at radius 3 is 2.50 bits per heavy atom. The molecule has 0 saturated heterocycles. The smallest absolute Gasteiger partial charge is 0.0142 e. The van der Waals surface area contributed by atoms with Crippen molar-refractivity contribution in [1.29, 1.82) is 0 Å². The maximum absolute atomic E-state index is 5.74. The second kappa shape index (κ2) is 5.13. The van der Waals surface area contributed by atoms with Crippen molar-refractivity contribution in [3.63, 3.8) is 0 Å². The molecule has 1 rings (SSSR count). The number of hydrogen-bond acceptors (Lipinski definition) is 2. The summed E-state index contributed by atoms with van der Waals surface area (Å²) < 4.78 is 0. The van der Waals surface area contributed by atoms with Gasteiger partial charge in [-0.25, -0.2) is 0 Å². The van der Waals surface area contributed by atoms with Crippen LogP contribution >= 0.6 is 0 Å². The number of hydrogen-bond donors (Lipinski definition) is 2. The van der Waals surface area contributed by atoms with Crippen molar-refractivity contribution in [2.45, 2.75) is 12.8 Å². The maximum Gasteiger partial charge on any atom is 0.0142 e. The lowest BCUT2D eigenvalue weighted by Gasteiger charge is -2.31. The van der Waals surface area contributed by atoms with Gasteiger partial charge in [-0.2, -0.15) is 0 Å². The van der Waals surface area contributed by atoms with Gasteiger partial charge in [0.1, 0.15) is 0 Å². The van der Waals surface area contributed by atoms with Gasteiger partial charge in [0.2, 0.25) is 0 Å². The summed E-state index contributed by atoms with van der Waals surface area (Å²) in [6, 6.07) is 0. The summed E-state index contributed by atoms with van der Waals surface area (Å²) >= 11 is 0. The van der Waals surface area contributed by atoms with Gasteiger partial charge in [-0.1, -0.05) is 24.3 Å². The van der Waals surface area contributed by atoms with E-state index in [2.05, 4.69) is 13.2 Å². The highest BCUT2D eigenvalue weighted by molar-refractivity contribution is 5.33. The van der Waals surface area contributed by atoms with Gasteiger partial charge in [0.05, 0.1) is 0 Å². The zero-order valence-corrected chi connectivity index (χ0v) is 8.71. The van der Waals surface area contributed by atoms with Gasteiger partial charge in [-0.05, 0) is 30.9 Å². The van der Waals surface area contributed by atoms with E-state index < -0.39 is 0 Å². The van der Waals surface area contributed by atoms with Crippen LogP contribution in [0, 0.1) is 11.8 Å². The normalized spacial score (nSPS) is 27.6. The van der Waals surface area contributed by atoms with Gasteiger partial charge in [0, 0.05) is 12.5 Å². The zero-order valence-electron chi connectivity index (χ0n) is 8.71. The van der Waals surface area contributed by atoms with Crippen molar-refractivity contribution in [2.24, 2.45) is 23.3 Å². The largest absolute Gasteiger partial charge is 0.330 e. The van der Waals surface area contributed by atoms with E-state index in [0.717, 1.165) is 12.8 Å². The Balaban J connectivity index is 3.00. The van der Waals surface area contributed by atoms with E-state index in [1.807, 2.05) is 12.2 Å². The van der Waals surface area contributed by atoms with Crippen LogP contribution in [0.4, 0.5) is 0 Å². The summed E-state index contributed by atoms with van der Waals surface area (Å²) in [6.45, 7) is 9.06. The van der Waals surface area contributed by atoms with E-state index in [9.17, 15) is 0 Å². The molecule has 2 atom stereocenters. The van der Waals surface area contributed by atoms with Crippen LogP contribution in [0.5, 0.6) is 0 Å². The van der Waals surface area contributed by atoms with Gasteiger partial charge in [-0.3, -0.25) is 0 Å². The van der Waals surface area contributed by atoms with E-state index in [1.165, 1.54) is 11.1 Å². The lowest BCUT2D eigenvalue weighted by atomic mass is 9.75. The van der Waals surface area contributed by atoms with E-state index in [4.69, 9.17) is 11.5 Å². The second-order valence-corrected chi connectivity index (χ2v) is 3.76. The average molecular weight is 192 g/mol. The van der Waals surface area contributed by atoms with Crippen LogP contribution in [0.15, 0.2) is 36.5 Å². The Bertz CT molecular complexity index is 253. The van der Waals surface area contributed by atoms with Gasteiger partial charge in [-0.15, -0.1) is 6.58 Å². The van der Waals surface area contributed by atoms with E-state index >= 15 is 0 Å². The third kappa shape index (κ3) is 1.97. The molecule has 2 unspecified atom stereocenters. The molecule has 0 radical (unpaired) electrons. The molecule has 0 heterocycles. The molecule has 1 aliphatic carbocycles. The molecule has 2 nitrogen and oxygen atoms in total. The van der Waals surface area contributed by atoms with E-state index in [-0.39, 0.29) is 0 Å². The fourth-order valence-corrected chi connectivity index (χ4v) is 2.26. The Labute approximate surface area is 86.4 Å². The Hall–Kier alpha value is -0.860. The molecular formula is C12H20N2. The fourth-order valence-electron chi connectivity index (χ4n) is 2.26. The van der Waals surface area contributed by atoms with Crippen molar-refractivity contribution < 1.29 is 0 Å². The standard InChI is InChI=1S/C12H20N2/c1-3-11-9(7-13)5-6-10(8-14)12(11)4-2/h3-4,9,11H,1-2,5-8,13-14H2. The molecule has 0 bridgehead atoms. The van der Waals surface area contributed by atoms with Crippen LogP contribution in [-0.2, 0) is 0 Å². The highest BCUT2D eigenvalue weighted by atomic mass is 14.6. The predicted molar refractivity (Wildman–Crippen MR) is 61.7 cm³/mol. The van der Waals surface area contributed by atoms with Crippen molar-refractivity contribution in [3.05, 3.63) is 36.5 Å². The van der Waals surface area contributed by atoms with Crippen molar-refractivity contribution in [3.8, 4) is 0 Å². The van der Waals surface area contributed by atoms with Crippen molar-refractivity contribution >= 4 is 0 Å². The summed E-state index contributed by atoms with van der Waals surface area (Å²) in [5, 5.41) is 0. The molecular weight excluding hydrogens is 172 g/mol. The van der Waals surface area contributed by atoms with Crippen molar-refractivity contribution in [1.82, 2.24) is 0 Å². The molecule has 1 aliphatic rings. The Kier molecular flexibility index (Phi) is 4.11. The molecule has 4 N–H and O–H groups in total. The number of nitrogens with two attached hydrogens (primary N) is 2. The summed E-state index contributed by atoms with van der Waals surface area (Å²) in [4.78, 5) is 0. The topological polar surface area (TPSA) is 52.0 Å². The first-order valence-electron chi connectivity index (χ1n) is 5.15. The van der Waals surface area contributed by atoms with Crippen molar-refractivity contribution in [2.75, 3.05) is 13.1 Å². The molecule has 0 amide bonds.